The summed E-state index contributed by atoms with van der Waals surface area (Å²) in [5.74, 6) is -0.0378. The standard InChI is InChI=1S/C10H8N2O2S/c13-8-3-4-9(14)12(8)10-11-7(5-15-10)6-1-2-6/h3-6H,1-2H2. The first kappa shape index (κ1) is 8.79. The zero-order valence-corrected chi connectivity index (χ0v) is 8.66. The lowest BCUT2D eigenvalue weighted by atomic mass is 10.3. The molecular weight excluding hydrogens is 212 g/mol. The van der Waals surface area contributed by atoms with Crippen molar-refractivity contribution in [3.63, 3.8) is 0 Å². The van der Waals surface area contributed by atoms with Crippen LogP contribution in [0, 0.1) is 0 Å². The van der Waals surface area contributed by atoms with Gasteiger partial charge in [0.1, 0.15) is 0 Å². The van der Waals surface area contributed by atoms with Gasteiger partial charge < -0.3 is 0 Å². The summed E-state index contributed by atoms with van der Waals surface area (Å²) < 4.78 is 0. The van der Waals surface area contributed by atoms with E-state index < -0.39 is 0 Å². The minimum Gasteiger partial charge on any atom is -0.269 e. The van der Waals surface area contributed by atoms with Crippen LogP contribution in [0.3, 0.4) is 0 Å². The lowest BCUT2D eigenvalue weighted by Crippen LogP contribution is -2.29. The van der Waals surface area contributed by atoms with Gasteiger partial charge in [0.2, 0.25) is 0 Å². The number of carbonyl (C=O) groups excluding carboxylic acids is 2. The van der Waals surface area contributed by atoms with Crippen LogP contribution < -0.4 is 4.90 Å². The van der Waals surface area contributed by atoms with Gasteiger partial charge in [-0.3, -0.25) is 9.59 Å². The van der Waals surface area contributed by atoms with Crippen LogP contribution in [-0.4, -0.2) is 16.8 Å². The fourth-order valence-corrected chi connectivity index (χ4v) is 2.45. The SMILES string of the molecule is O=C1C=CC(=O)N1c1nc(C2CC2)cs1. The summed E-state index contributed by atoms with van der Waals surface area (Å²) in [4.78, 5) is 28.2. The van der Waals surface area contributed by atoms with Crippen molar-refractivity contribution in [2.75, 3.05) is 4.90 Å². The first-order valence-electron chi connectivity index (χ1n) is 4.77. The maximum atomic E-state index is 11.4. The van der Waals surface area contributed by atoms with Crippen LogP contribution in [0.1, 0.15) is 24.5 Å². The molecule has 1 saturated carbocycles. The van der Waals surface area contributed by atoms with Gasteiger partial charge in [-0.2, -0.15) is 0 Å². The third kappa shape index (κ3) is 1.39. The van der Waals surface area contributed by atoms with E-state index in [2.05, 4.69) is 4.98 Å². The fourth-order valence-electron chi connectivity index (χ4n) is 1.53. The smallest absolute Gasteiger partial charge is 0.260 e. The van der Waals surface area contributed by atoms with Crippen molar-refractivity contribution in [1.29, 1.82) is 0 Å². The highest BCUT2D eigenvalue weighted by atomic mass is 32.1. The van der Waals surface area contributed by atoms with E-state index in [1.54, 1.807) is 0 Å². The average Bonchev–Trinajstić information content (AvgIpc) is 2.87. The molecule has 0 aromatic carbocycles. The van der Waals surface area contributed by atoms with Gasteiger partial charge in [0.05, 0.1) is 5.69 Å². The predicted octanol–water partition coefficient (Wildman–Crippen LogP) is 1.45. The molecule has 0 bridgehead atoms. The van der Waals surface area contributed by atoms with Crippen LogP contribution in [0.4, 0.5) is 5.13 Å². The summed E-state index contributed by atoms with van der Waals surface area (Å²) >= 11 is 1.36. The van der Waals surface area contributed by atoms with Crippen LogP contribution in [0.5, 0.6) is 0 Å². The number of thiazole rings is 1. The summed E-state index contributed by atoms with van der Waals surface area (Å²) in [7, 11) is 0. The molecule has 4 nitrogen and oxygen atoms in total. The van der Waals surface area contributed by atoms with E-state index in [1.807, 2.05) is 5.38 Å². The molecule has 76 valence electrons. The minimum atomic E-state index is -0.295. The van der Waals surface area contributed by atoms with Crippen molar-refractivity contribution in [3.8, 4) is 0 Å². The van der Waals surface area contributed by atoms with E-state index in [1.165, 1.54) is 36.3 Å². The maximum Gasteiger partial charge on any atom is 0.260 e. The van der Waals surface area contributed by atoms with Crippen molar-refractivity contribution in [1.82, 2.24) is 4.98 Å². The molecule has 2 aliphatic rings. The van der Waals surface area contributed by atoms with Crippen LogP contribution in [0.25, 0.3) is 0 Å². The highest BCUT2D eigenvalue weighted by Gasteiger charge is 2.31. The second-order valence-corrected chi connectivity index (χ2v) is 4.51. The Labute approximate surface area is 90.2 Å². The highest BCUT2D eigenvalue weighted by Crippen LogP contribution is 2.41. The van der Waals surface area contributed by atoms with Gasteiger partial charge >= 0.3 is 0 Å². The number of carbonyl (C=O) groups is 2. The monoisotopic (exact) mass is 220 g/mol. The number of hydrogen-bond donors (Lipinski definition) is 0. The molecule has 15 heavy (non-hydrogen) atoms. The summed E-state index contributed by atoms with van der Waals surface area (Å²) in [6.45, 7) is 0. The summed E-state index contributed by atoms with van der Waals surface area (Å²) in [6, 6.07) is 0. The van der Waals surface area contributed by atoms with Gasteiger partial charge in [-0.1, -0.05) is 0 Å². The topological polar surface area (TPSA) is 50.3 Å². The van der Waals surface area contributed by atoms with Crippen molar-refractivity contribution >= 4 is 28.3 Å². The summed E-state index contributed by atoms with van der Waals surface area (Å²) in [5, 5.41) is 2.43. The normalized spacial score (nSPS) is 20.4. The predicted molar refractivity (Wildman–Crippen MR) is 55.7 cm³/mol. The van der Waals surface area contributed by atoms with Gasteiger partial charge in [0.25, 0.3) is 11.8 Å². The molecule has 1 aromatic heterocycles. The van der Waals surface area contributed by atoms with E-state index in [4.69, 9.17) is 0 Å². The van der Waals surface area contributed by atoms with Crippen LogP contribution >= 0.6 is 11.3 Å². The molecule has 1 aliphatic heterocycles. The van der Waals surface area contributed by atoms with Crippen molar-refractivity contribution in [2.24, 2.45) is 0 Å². The molecule has 0 radical (unpaired) electrons. The number of rotatable bonds is 2. The Morgan fingerprint density at radius 1 is 1.27 bits per heavy atom. The molecule has 0 saturated heterocycles. The molecule has 0 atom stereocenters. The average molecular weight is 220 g/mol. The molecule has 0 N–H and O–H groups in total. The number of nitrogens with zero attached hydrogens (tertiary/aromatic N) is 2. The van der Waals surface area contributed by atoms with E-state index in [0.717, 1.165) is 10.6 Å². The molecule has 0 unspecified atom stereocenters. The quantitative estimate of drug-likeness (QED) is 0.709. The Morgan fingerprint density at radius 3 is 2.53 bits per heavy atom. The van der Waals surface area contributed by atoms with Crippen LogP contribution in [-0.2, 0) is 9.59 Å². The first-order chi connectivity index (χ1) is 7.25. The number of imide groups is 1. The van der Waals surface area contributed by atoms with Gasteiger partial charge in [-0.15, -0.1) is 11.3 Å². The fraction of sp³-hybridized carbons (Fsp3) is 0.300. The van der Waals surface area contributed by atoms with Crippen molar-refractivity contribution < 1.29 is 9.59 Å². The Morgan fingerprint density at radius 2 is 1.93 bits per heavy atom. The van der Waals surface area contributed by atoms with Gasteiger partial charge in [0, 0.05) is 23.5 Å². The third-order valence-electron chi connectivity index (χ3n) is 2.51. The number of anilines is 1. The first-order valence-corrected chi connectivity index (χ1v) is 5.65. The third-order valence-corrected chi connectivity index (χ3v) is 3.35. The second kappa shape index (κ2) is 3.00. The van der Waals surface area contributed by atoms with Gasteiger partial charge in [0.15, 0.2) is 5.13 Å². The van der Waals surface area contributed by atoms with Crippen molar-refractivity contribution in [3.05, 3.63) is 23.2 Å². The summed E-state index contributed by atoms with van der Waals surface area (Å²) in [5.41, 5.74) is 1.02. The van der Waals surface area contributed by atoms with Crippen LogP contribution in [0.15, 0.2) is 17.5 Å². The molecule has 2 heterocycles. The van der Waals surface area contributed by atoms with Gasteiger partial charge in [-0.25, -0.2) is 9.88 Å². The lowest BCUT2D eigenvalue weighted by molar-refractivity contribution is -0.119. The van der Waals surface area contributed by atoms with Crippen molar-refractivity contribution in [2.45, 2.75) is 18.8 Å². The number of hydrogen-bond acceptors (Lipinski definition) is 4. The van der Waals surface area contributed by atoms with E-state index in [-0.39, 0.29) is 11.8 Å². The van der Waals surface area contributed by atoms with E-state index >= 15 is 0 Å². The van der Waals surface area contributed by atoms with Gasteiger partial charge in [-0.05, 0) is 12.8 Å². The zero-order valence-electron chi connectivity index (χ0n) is 7.84. The minimum absolute atomic E-state index is 0.295. The molecule has 1 fully saturated rings. The molecule has 0 spiro atoms. The van der Waals surface area contributed by atoms with E-state index in [9.17, 15) is 9.59 Å². The molecular formula is C10H8N2O2S. The largest absolute Gasteiger partial charge is 0.269 e. The number of amides is 2. The Bertz CT molecular complexity index is 456. The van der Waals surface area contributed by atoms with Crippen LogP contribution in [0.2, 0.25) is 0 Å². The lowest BCUT2D eigenvalue weighted by Gasteiger charge is -2.08. The zero-order chi connectivity index (χ0) is 10.4. The Kier molecular flexibility index (Phi) is 1.76. The molecule has 1 aliphatic carbocycles. The maximum absolute atomic E-state index is 11.4. The molecule has 1 aromatic rings. The Hall–Kier alpha value is -1.49. The summed E-state index contributed by atoms with van der Waals surface area (Å²) in [6.07, 6.45) is 4.90. The highest BCUT2D eigenvalue weighted by molar-refractivity contribution is 7.14. The Balaban J connectivity index is 1.91. The molecule has 3 rings (SSSR count). The van der Waals surface area contributed by atoms with E-state index in [0.29, 0.717) is 11.0 Å². The number of aromatic nitrogens is 1. The molecule has 2 amide bonds. The molecule has 5 heteroatoms. The second-order valence-electron chi connectivity index (χ2n) is 3.67.